The van der Waals surface area contributed by atoms with E-state index in [1.807, 2.05) is 0 Å². The third-order valence-corrected chi connectivity index (χ3v) is 1.46. The van der Waals surface area contributed by atoms with Crippen molar-refractivity contribution in [3.05, 3.63) is 0 Å². The molecule has 0 aromatic carbocycles. The molecule has 0 radical (unpaired) electrons. The second-order valence-corrected chi connectivity index (χ2v) is 2.65. The highest BCUT2D eigenvalue weighted by Crippen LogP contribution is 2.50. The Kier molecular flexibility index (Phi) is 2.52. The van der Waals surface area contributed by atoms with E-state index in [2.05, 4.69) is 3.97 Å². The van der Waals surface area contributed by atoms with E-state index in [9.17, 15) is 16.8 Å². The molecule has 0 saturated carbocycles. The molecule has 0 unspecified atom stereocenters. The Balaban J connectivity index is 3.94. The van der Waals surface area contributed by atoms with Crippen LogP contribution < -0.4 is 0 Å². The predicted octanol–water partition coefficient (Wildman–Crippen LogP) is 0.577. The molecule has 8 heteroatoms. The van der Waals surface area contributed by atoms with Crippen LogP contribution in [0.3, 0.4) is 0 Å². The van der Waals surface area contributed by atoms with Crippen molar-refractivity contribution in [2.75, 3.05) is 0 Å². The molecule has 0 rings (SSSR count). The summed E-state index contributed by atoms with van der Waals surface area (Å²) in [4.78, 5) is 0. The standard InChI is InChI=1S/F2HO4PS/c1-7(2,3)6-8(4)5/h8H. The van der Waals surface area contributed by atoms with Crippen molar-refractivity contribution in [1.82, 2.24) is 0 Å². The van der Waals surface area contributed by atoms with Crippen LogP contribution >= 0.6 is 7.99 Å². The molecule has 4 nitrogen and oxygen atoms in total. The van der Waals surface area contributed by atoms with Crippen LogP contribution in [0.25, 0.3) is 0 Å². The van der Waals surface area contributed by atoms with Crippen LogP contribution in [-0.2, 0) is 19.5 Å². The second-order valence-electron chi connectivity index (χ2n) is 0.720. The van der Waals surface area contributed by atoms with Gasteiger partial charge in [0.2, 0.25) is 0 Å². The molecule has 0 aliphatic heterocycles. The van der Waals surface area contributed by atoms with E-state index >= 15 is 0 Å². The highest BCUT2D eigenvalue weighted by molar-refractivity contribution is 7.74. The summed E-state index contributed by atoms with van der Waals surface area (Å²) < 4.78 is 51.9. The molecule has 8 heavy (non-hydrogen) atoms. The van der Waals surface area contributed by atoms with Crippen molar-refractivity contribution in [3.63, 3.8) is 0 Å². The molecule has 0 atom stereocenters. The van der Waals surface area contributed by atoms with Crippen molar-refractivity contribution in [1.29, 1.82) is 0 Å². The van der Waals surface area contributed by atoms with Gasteiger partial charge in [-0.05, 0) is 0 Å². The van der Waals surface area contributed by atoms with Crippen LogP contribution in [0.5, 0.6) is 0 Å². The van der Waals surface area contributed by atoms with Crippen LogP contribution in [0.15, 0.2) is 0 Å². The predicted molar refractivity (Wildman–Crippen MR) is 21.2 cm³/mol. The van der Waals surface area contributed by atoms with Gasteiger partial charge >= 0.3 is 7.99 Å². The van der Waals surface area contributed by atoms with Gasteiger partial charge in [0, 0.05) is 0 Å². The first-order valence-corrected chi connectivity index (χ1v) is 3.75. The highest BCUT2D eigenvalue weighted by Gasteiger charge is 2.21. The van der Waals surface area contributed by atoms with E-state index < -0.39 is 19.0 Å². The average molecular weight is 166 g/mol. The van der Waals surface area contributed by atoms with E-state index in [4.69, 9.17) is 4.57 Å². The van der Waals surface area contributed by atoms with E-state index in [1.165, 1.54) is 0 Å². The first-order valence-electron chi connectivity index (χ1n) is 1.25. The molecule has 0 aliphatic rings. The van der Waals surface area contributed by atoms with Crippen molar-refractivity contribution in [2.24, 2.45) is 0 Å². The smallest absolute Gasteiger partial charge is 0.218 e. The third kappa shape index (κ3) is 6.00. The molecule has 0 aromatic heterocycles. The minimum absolute atomic E-state index is 2.61. The molecule has 0 amide bonds. The van der Waals surface area contributed by atoms with Crippen LogP contribution in [0, 0.1) is 0 Å². The molecular weight excluding hydrogens is 165 g/mol. The summed E-state index contributed by atoms with van der Waals surface area (Å²) in [7, 11) is -9.52. The van der Waals surface area contributed by atoms with Crippen LogP contribution in [0.1, 0.15) is 0 Å². The molecule has 0 heterocycles. The fourth-order valence-electron chi connectivity index (χ4n) is 0.0776. The number of hydrogen-bond donors (Lipinski definition) is 1. The second kappa shape index (κ2) is 2.52. The van der Waals surface area contributed by atoms with Crippen molar-refractivity contribution >= 4 is 19.0 Å². The van der Waals surface area contributed by atoms with Crippen molar-refractivity contribution in [3.8, 4) is 0 Å². The average Bonchev–Trinajstić information content (AvgIpc) is 1.21. The monoisotopic (exact) mass is 166 g/mol. The molecule has 50 valence electrons. The van der Waals surface area contributed by atoms with Gasteiger partial charge in [0.1, 0.15) is 0 Å². The lowest BCUT2D eigenvalue weighted by atomic mass is 15.8. The molecule has 0 spiro atoms. The Bertz CT molecular complexity index is 168. The maximum atomic E-state index is 10.9. The zero-order valence-corrected chi connectivity index (χ0v) is 5.07. The quantitative estimate of drug-likeness (QED) is 0.481. The minimum Gasteiger partial charge on any atom is -0.218 e. The molecule has 0 aromatic rings. The number of hydrogen-bond acceptors (Lipinski definition) is 4. The van der Waals surface area contributed by atoms with E-state index in [1.54, 1.807) is 0 Å². The largest absolute Gasteiger partial charge is 0.566 e. The summed E-state index contributed by atoms with van der Waals surface area (Å²) in [6, 6.07) is 0. The van der Waals surface area contributed by atoms with Crippen LogP contribution in [-0.4, -0.2) is 8.42 Å². The fourth-order valence-corrected chi connectivity index (χ4v) is 0.699. The van der Waals surface area contributed by atoms with E-state index in [-0.39, 0.29) is 0 Å². The summed E-state index contributed by atoms with van der Waals surface area (Å²) in [6.45, 7) is 0. The summed E-state index contributed by atoms with van der Waals surface area (Å²) in [6.07, 6.45) is 0. The molecule has 0 N–H and O–H groups in total. The fraction of sp³-hybridized carbons (Fsp3) is 0. The molecule has 0 fully saturated rings. The van der Waals surface area contributed by atoms with Gasteiger partial charge in [-0.15, -0.1) is 8.39 Å². The van der Waals surface area contributed by atoms with Crippen molar-refractivity contribution < 1.29 is 25.3 Å². The van der Waals surface area contributed by atoms with Crippen molar-refractivity contribution in [2.45, 2.75) is 0 Å². The van der Waals surface area contributed by atoms with E-state index in [0.717, 1.165) is 0 Å². The Labute approximate surface area is 45.3 Å². The van der Waals surface area contributed by atoms with Gasteiger partial charge in [-0.25, -0.2) is 13.0 Å². The highest BCUT2D eigenvalue weighted by atomic mass is 32.2. The summed E-state index contributed by atoms with van der Waals surface area (Å²) in [5, 5.41) is 0. The zero-order valence-electron chi connectivity index (χ0n) is 3.28. The van der Waals surface area contributed by atoms with Gasteiger partial charge in [-0.2, -0.15) is 3.97 Å². The summed E-state index contributed by atoms with van der Waals surface area (Å²) in [5.74, 6) is 0. The number of rotatable bonds is 2. The molecule has 0 aliphatic carbocycles. The summed E-state index contributed by atoms with van der Waals surface area (Å²) in [5.41, 5.74) is 0. The Morgan fingerprint density at radius 1 is 1.38 bits per heavy atom. The lowest BCUT2D eigenvalue weighted by Gasteiger charge is -1.86. The number of halogens is 2. The maximum Gasteiger partial charge on any atom is 0.566 e. The zero-order chi connectivity index (χ0) is 6.78. The van der Waals surface area contributed by atoms with Gasteiger partial charge in [0.25, 0.3) is 11.0 Å². The van der Waals surface area contributed by atoms with Gasteiger partial charge in [-0.3, -0.25) is 0 Å². The van der Waals surface area contributed by atoms with E-state index in [0.29, 0.717) is 0 Å². The SMILES string of the molecule is O=[SH](=O)OP(=O)(F)F. The molecular formula is HF2O4PS. The van der Waals surface area contributed by atoms with Crippen LogP contribution in [0.2, 0.25) is 0 Å². The summed E-state index contributed by atoms with van der Waals surface area (Å²) >= 11 is 0. The third-order valence-electron chi connectivity index (χ3n) is 0.162. The van der Waals surface area contributed by atoms with Gasteiger partial charge < -0.3 is 0 Å². The van der Waals surface area contributed by atoms with Gasteiger partial charge in [-0.1, -0.05) is 0 Å². The molecule has 0 saturated heterocycles. The molecule has 0 bridgehead atoms. The van der Waals surface area contributed by atoms with Gasteiger partial charge in [0.05, 0.1) is 0 Å². The Morgan fingerprint density at radius 2 is 1.75 bits per heavy atom. The normalized spacial score (nSPS) is 12.4. The lowest BCUT2D eigenvalue weighted by Crippen LogP contribution is -1.75. The lowest BCUT2D eigenvalue weighted by molar-refractivity contribution is 0.389. The Morgan fingerprint density at radius 3 is 1.75 bits per heavy atom. The topological polar surface area (TPSA) is 60.4 Å². The first-order chi connectivity index (χ1) is 3.42. The van der Waals surface area contributed by atoms with Gasteiger partial charge in [0.15, 0.2) is 0 Å². The minimum atomic E-state index is -5.82. The maximum absolute atomic E-state index is 10.9. The first kappa shape index (κ1) is 8.00. The number of thiol groups is 1. The Hall–Kier alpha value is -0.0000000000000000555. The van der Waals surface area contributed by atoms with Crippen LogP contribution in [0.4, 0.5) is 8.39 Å².